The van der Waals surface area contributed by atoms with Crippen LogP contribution in [0.1, 0.15) is 41.0 Å². The van der Waals surface area contributed by atoms with Crippen molar-refractivity contribution < 1.29 is 9.53 Å². The molecule has 0 aliphatic carbocycles. The normalized spacial score (nSPS) is 11.9. The van der Waals surface area contributed by atoms with Crippen LogP contribution in [0.2, 0.25) is 0 Å². The first-order valence-electron chi connectivity index (χ1n) is 5.11. The summed E-state index contributed by atoms with van der Waals surface area (Å²) < 4.78 is 5.18. The second kappa shape index (κ2) is 6.33. The molecule has 0 N–H and O–H groups in total. The molecule has 0 rings (SSSR count). The zero-order valence-corrected chi connectivity index (χ0v) is 10.7. The van der Waals surface area contributed by atoms with Gasteiger partial charge in [0.15, 0.2) is 0 Å². The van der Waals surface area contributed by atoms with Crippen LogP contribution < -0.4 is 0 Å². The average molecular weight is 218 g/mol. The lowest BCUT2D eigenvalue weighted by Gasteiger charge is -2.19. The third kappa shape index (κ3) is 9.90. The Balaban J connectivity index is 3.46. The lowest BCUT2D eigenvalue weighted by atomic mass is 10.2. The van der Waals surface area contributed by atoms with E-state index in [0.29, 0.717) is 11.7 Å². The summed E-state index contributed by atoms with van der Waals surface area (Å²) in [6.45, 7) is 10.1. The van der Waals surface area contributed by atoms with Crippen LogP contribution in [0.3, 0.4) is 0 Å². The predicted octanol–water partition coefficient (Wildman–Crippen LogP) is 3.11. The maximum absolute atomic E-state index is 11.3. The second-order valence-corrected chi connectivity index (χ2v) is 5.93. The number of thioether (sulfide) groups is 1. The van der Waals surface area contributed by atoms with Gasteiger partial charge in [-0.15, -0.1) is 0 Å². The van der Waals surface area contributed by atoms with Crippen molar-refractivity contribution in [3.8, 4) is 0 Å². The molecule has 0 unspecified atom stereocenters. The largest absolute Gasteiger partial charge is 0.459 e. The molecule has 0 amide bonds. The van der Waals surface area contributed by atoms with Gasteiger partial charge in [-0.05, 0) is 38.9 Å². The molecule has 0 saturated carbocycles. The van der Waals surface area contributed by atoms with Gasteiger partial charge in [0.1, 0.15) is 5.60 Å². The highest BCUT2D eigenvalue weighted by Gasteiger charge is 2.15. The maximum atomic E-state index is 11.3. The van der Waals surface area contributed by atoms with Crippen LogP contribution in [0.15, 0.2) is 0 Å². The van der Waals surface area contributed by atoms with Gasteiger partial charge in [0, 0.05) is 0 Å². The standard InChI is InChI=1S/C11H22O2S/c1-9(2)6-7-14-8-10(12)13-11(3,4)5/h9H,6-8H2,1-5H3. The van der Waals surface area contributed by atoms with Crippen molar-refractivity contribution in [1.29, 1.82) is 0 Å². The van der Waals surface area contributed by atoms with Gasteiger partial charge in [0.05, 0.1) is 5.75 Å². The molecule has 0 aromatic heterocycles. The molecular weight excluding hydrogens is 196 g/mol. The number of hydrogen-bond acceptors (Lipinski definition) is 3. The molecule has 2 nitrogen and oxygen atoms in total. The summed E-state index contributed by atoms with van der Waals surface area (Å²) in [5.74, 6) is 2.12. The molecular formula is C11H22O2S. The van der Waals surface area contributed by atoms with Crippen molar-refractivity contribution in [2.75, 3.05) is 11.5 Å². The minimum absolute atomic E-state index is 0.105. The van der Waals surface area contributed by atoms with Crippen molar-refractivity contribution in [2.24, 2.45) is 5.92 Å². The molecule has 0 aliphatic rings. The van der Waals surface area contributed by atoms with Crippen molar-refractivity contribution in [1.82, 2.24) is 0 Å². The zero-order valence-electron chi connectivity index (χ0n) is 9.92. The fraction of sp³-hybridized carbons (Fsp3) is 0.909. The second-order valence-electron chi connectivity index (χ2n) is 4.82. The highest BCUT2D eigenvalue weighted by atomic mass is 32.2. The fourth-order valence-corrected chi connectivity index (χ4v) is 1.85. The molecule has 0 atom stereocenters. The van der Waals surface area contributed by atoms with E-state index in [1.807, 2.05) is 20.8 Å². The van der Waals surface area contributed by atoms with Crippen molar-refractivity contribution in [3.63, 3.8) is 0 Å². The molecule has 14 heavy (non-hydrogen) atoms. The zero-order chi connectivity index (χ0) is 11.2. The summed E-state index contributed by atoms with van der Waals surface area (Å²) in [5, 5.41) is 0. The van der Waals surface area contributed by atoms with E-state index >= 15 is 0 Å². The summed E-state index contributed by atoms with van der Waals surface area (Å²) in [5.41, 5.74) is -0.351. The third-order valence-electron chi connectivity index (χ3n) is 1.48. The highest BCUT2D eigenvalue weighted by molar-refractivity contribution is 7.99. The van der Waals surface area contributed by atoms with Crippen LogP contribution in [0, 0.1) is 5.92 Å². The Morgan fingerprint density at radius 2 is 1.93 bits per heavy atom. The van der Waals surface area contributed by atoms with Crippen molar-refractivity contribution >= 4 is 17.7 Å². The van der Waals surface area contributed by atoms with Crippen LogP contribution in [0.25, 0.3) is 0 Å². The van der Waals surface area contributed by atoms with Crippen LogP contribution in [0.5, 0.6) is 0 Å². The molecule has 0 aliphatic heterocycles. The fourth-order valence-electron chi connectivity index (χ4n) is 0.846. The van der Waals surface area contributed by atoms with Crippen LogP contribution in [0.4, 0.5) is 0 Å². The molecule has 0 aromatic rings. The van der Waals surface area contributed by atoms with E-state index in [1.54, 1.807) is 11.8 Å². The van der Waals surface area contributed by atoms with Gasteiger partial charge in [-0.1, -0.05) is 13.8 Å². The van der Waals surface area contributed by atoms with Gasteiger partial charge in [0.25, 0.3) is 0 Å². The summed E-state index contributed by atoms with van der Waals surface area (Å²) in [4.78, 5) is 11.3. The molecule has 3 heteroatoms. The summed E-state index contributed by atoms with van der Waals surface area (Å²) in [6, 6.07) is 0. The minimum atomic E-state index is -0.351. The number of esters is 1. The number of carbonyl (C=O) groups excluding carboxylic acids is 1. The van der Waals surface area contributed by atoms with Crippen molar-refractivity contribution in [2.45, 2.75) is 46.6 Å². The summed E-state index contributed by atoms with van der Waals surface area (Å²) >= 11 is 1.66. The van der Waals surface area contributed by atoms with E-state index in [1.165, 1.54) is 0 Å². The molecule has 0 radical (unpaired) electrons. The highest BCUT2D eigenvalue weighted by Crippen LogP contribution is 2.12. The molecule has 0 fully saturated rings. The number of carbonyl (C=O) groups is 1. The van der Waals surface area contributed by atoms with E-state index in [-0.39, 0.29) is 11.6 Å². The Morgan fingerprint density at radius 3 is 2.36 bits per heavy atom. The van der Waals surface area contributed by atoms with Gasteiger partial charge in [-0.25, -0.2) is 0 Å². The van der Waals surface area contributed by atoms with E-state index in [9.17, 15) is 4.79 Å². The topological polar surface area (TPSA) is 26.3 Å². The average Bonchev–Trinajstić information content (AvgIpc) is 1.94. The van der Waals surface area contributed by atoms with Gasteiger partial charge in [-0.2, -0.15) is 11.8 Å². The first kappa shape index (κ1) is 13.8. The predicted molar refractivity (Wildman–Crippen MR) is 62.6 cm³/mol. The first-order valence-corrected chi connectivity index (χ1v) is 6.26. The number of hydrogen-bond donors (Lipinski definition) is 0. The van der Waals surface area contributed by atoms with Gasteiger partial charge in [0.2, 0.25) is 0 Å². The lowest BCUT2D eigenvalue weighted by Crippen LogP contribution is -2.25. The molecule has 0 spiro atoms. The van der Waals surface area contributed by atoms with Crippen LogP contribution in [-0.4, -0.2) is 23.1 Å². The Bertz CT molecular complexity index is 171. The smallest absolute Gasteiger partial charge is 0.316 e. The molecule has 0 saturated heterocycles. The molecule has 0 heterocycles. The SMILES string of the molecule is CC(C)CCSCC(=O)OC(C)(C)C. The Kier molecular flexibility index (Phi) is 6.25. The quantitative estimate of drug-likeness (QED) is 0.524. The summed E-state index contributed by atoms with van der Waals surface area (Å²) in [6.07, 6.45) is 1.16. The van der Waals surface area contributed by atoms with Crippen molar-refractivity contribution in [3.05, 3.63) is 0 Å². The summed E-state index contributed by atoms with van der Waals surface area (Å²) in [7, 11) is 0. The van der Waals surface area contributed by atoms with Gasteiger partial charge < -0.3 is 4.74 Å². The van der Waals surface area contributed by atoms with E-state index in [2.05, 4.69) is 13.8 Å². The van der Waals surface area contributed by atoms with Crippen LogP contribution >= 0.6 is 11.8 Å². The molecule has 0 aromatic carbocycles. The maximum Gasteiger partial charge on any atom is 0.316 e. The molecule has 84 valence electrons. The monoisotopic (exact) mass is 218 g/mol. The van der Waals surface area contributed by atoms with Crippen LogP contribution in [-0.2, 0) is 9.53 Å². The lowest BCUT2D eigenvalue weighted by molar-refractivity contribution is -0.151. The Labute approximate surface area is 91.8 Å². The van der Waals surface area contributed by atoms with E-state index in [0.717, 1.165) is 12.2 Å². The Hall–Kier alpha value is -0.180. The number of rotatable bonds is 5. The first-order chi connectivity index (χ1) is 6.31. The van der Waals surface area contributed by atoms with E-state index in [4.69, 9.17) is 4.74 Å². The number of ether oxygens (including phenoxy) is 1. The minimum Gasteiger partial charge on any atom is -0.459 e. The Morgan fingerprint density at radius 1 is 1.36 bits per heavy atom. The van der Waals surface area contributed by atoms with Gasteiger partial charge in [-0.3, -0.25) is 4.79 Å². The molecule has 0 bridgehead atoms. The van der Waals surface area contributed by atoms with E-state index < -0.39 is 0 Å². The third-order valence-corrected chi connectivity index (χ3v) is 2.44. The van der Waals surface area contributed by atoms with Gasteiger partial charge >= 0.3 is 5.97 Å².